The summed E-state index contributed by atoms with van der Waals surface area (Å²) in [5.41, 5.74) is 7.02. The zero-order valence-corrected chi connectivity index (χ0v) is 10.5. The molecule has 18 heavy (non-hydrogen) atoms. The topological polar surface area (TPSA) is 38.0 Å². The molecule has 0 saturated carbocycles. The van der Waals surface area contributed by atoms with Crippen molar-refractivity contribution in [3.63, 3.8) is 0 Å². The number of hydrogen-bond acceptors (Lipinski definition) is 2. The molecule has 3 N–H and O–H groups in total. The van der Waals surface area contributed by atoms with Crippen LogP contribution in [0.25, 0.3) is 0 Å². The van der Waals surface area contributed by atoms with Gasteiger partial charge in [0.05, 0.1) is 11.7 Å². The molecule has 0 fully saturated rings. The molecule has 94 valence electrons. The lowest BCUT2D eigenvalue weighted by Crippen LogP contribution is -2.21. The molecule has 2 aromatic rings. The summed E-state index contributed by atoms with van der Waals surface area (Å²) in [6.45, 7) is 0.331. The number of benzene rings is 2. The standard InChI is InChI=1S/C14H14ClFN2/c15-11-6-2-1-5-10(11)14(9-17)18-13-8-4-3-7-12(13)16/h1-8,14,18H,9,17H2. The van der Waals surface area contributed by atoms with Crippen LogP contribution in [-0.2, 0) is 0 Å². The third kappa shape index (κ3) is 2.81. The Morgan fingerprint density at radius 3 is 2.44 bits per heavy atom. The molecule has 4 heteroatoms. The molecule has 0 bridgehead atoms. The fourth-order valence-corrected chi connectivity index (χ4v) is 2.05. The van der Waals surface area contributed by atoms with Crippen LogP contribution in [0.2, 0.25) is 5.02 Å². The van der Waals surface area contributed by atoms with Crippen molar-refractivity contribution in [1.29, 1.82) is 0 Å². The van der Waals surface area contributed by atoms with Crippen molar-refractivity contribution in [1.82, 2.24) is 0 Å². The number of hydrogen-bond donors (Lipinski definition) is 2. The van der Waals surface area contributed by atoms with E-state index in [1.54, 1.807) is 24.3 Å². The maximum atomic E-state index is 13.6. The lowest BCUT2D eigenvalue weighted by Gasteiger charge is -2.20. The Bertz CT molecular complexity index is 531. The van der Waals surface area contributed by atoms with Crippen molar-refractivity contribution < 1.29 is 4.39 Å². The number of nitrogens with two attached hydrogens (primary N) is 1. The van der Waals surface area contributed by atoms with Gasteiger partial charge in [-0.2, -0.15) is 0 Å². The maximum Gasteiger partial charge on any atom is 0.146 e. The van der Waals surface area contributed by atoms with E-state index in [4.69, 9.17) is 17.3 Å². The van der Waals surface area contributed by atoms with Gasteiger partial charge >= 0.3 is 0 Å². The second-order valence-corrected chi connectivity index (χ2v) is 4.34. The number of halogens is 2. The third-order valence-corrected chi connectivity index (χ3v) is 3.06. The lowest BCUT2D eigenvalue weighted by molar-refractivity contribution is 0.626. The first-order chi connectivity index (χ1) is 8.72. The summed E-state index contributed by atoms with van der Waals surface area (Å²) >= 11 is 6.11. The van der Waals surface area contributed by atoms with E-state index < -0.39 is 0 Å². The Morgan fingerprint density at radius 1 is 1.11 bits per heavy atom. The summed E-state index contributed by atoms with van der Waals surface area (Å²) < 4.78 is 13.6. The number of nitrogens with one attached hydrogen (secondary N) is 1. The molecule has 2 nitrogen and oxygen atoms in total. The van der Waals surface area contributed by atoms with Crippen LogP contribution >= 0.6 is 11.6 Å². The normalized spacial score (nSPS) is 12.2. The van der Waals surface area contributed by atoms with E-state index >= 15 is 0 Å². The Kier molecular flexibility index (Phi) is 4.18. The minimum Gasteiger partial charge on any atom is -0.375 e. The van der Waals surface area contributed by atoms with Crippen LogP contribution in [0.1, 0.15) is 11.6 Å². The smallest absolute Gasteiger partial charge is 0.146 e. The van der Waals surface area contributed by atoms with Crippen molar-refractivity contribution >= 4 is 17.3 Å². The van der Waals surface area contributed by atoms with Gasteiger partial charge in [0, 0.05) is 11.6 Å². The van der Waals surface area contributed by atoms with E-state index in [2.05, 4.69) is 5.32 Å². The van der Waals surface area contributed by atoms with Crippen LogP contribution in [0.15, 0.2) is 48.5 Å². The summed E-state index contributed by atoms with van der Waals surface area (Å²) in [5.74, 6) is -0.303. The largest absolute Gasteiger partial charge is 0.375 e. The third-order valence-electron chi connectivity index (χ3n) is 2.72. The van der Waals surface area contributed by atoms with Gasteiger partial charge in [0.25, 0.3) is 0 Å². The summed E-state index contributed by atoms with van der Waals surface area (Å²) in [4.78, 5) is 0. The fourth-order valence-electron chi connectivity index (χ4n) is 1.79. The Labute approximate surface area is 111 Å². The SMILES string of the molecule is NCC(Nc1ccccc1F)c1ccccc1Cl. The van der Waals surface area contributed by atoms with Gasteiger partial charge in [-0.3, -0.25) is 0 Å². The number of para-hydroxylation sites is 1. The van der Waals surface area contributed by atoms with Gasteiger partial charge in [0.1, 0.15) is 5.82 Å². The van der Waals surface area contributed by atoms with Gasteiger partial charge in [-0.1, -0.05) is 41.9 Å². The zero-order valence-electron chi connectivity index (χ0n) is 9.74. The maximum absolute atomic E-state index is 13.6. The summed E-state index contributed by atoms with van der Waals surface area (Å²) in [7, 11) is 0. The van der Waals surface area contributed by atoms with E-state index in [1.165, 1.54) is 6.07 Å². The van der Waals surface area contributed by atoms with Gasteiger partial charge in [-0.25, -0.2) is 4.39 Å². The van der Waals surface area contributed by atoms with E-state index in [0.29, 0.717) is 17.3 Å². The van der Waals surface area contributed by atoms with Crippen molar-refractivity contribution in [2.45, 2.75) is 6.04 Å². The average molecular weight is 265 g/mol. The summed E-state index contributed by atoms with van der Waals surface area (Å²) in [6.07, 6.45) is 0. The summed E-state index contributed by atoms with van der Waals surface area (Å²) in [6, 6.07) is 13.7. The van der Waals surface area contributed by atoms with Gasteiger partial charge < -0.3 is 11.1 Å². The van der Waals surface area contributed by atoms with Crippen LogP contribution in [0.3, 0.4) is 0 Å². The second-order valence-electron chi connectivity index (χ2n) is 3.93. The highest BCUT2D eigenvalue weighted by atomic mass is 35.5. The Morgan fingerprint density at radius 2 is 1.78 bits per heavy atom. The van der Waals surface area contributed by atoms with E-state index in [0.717, 1.165) is 5.56 Å². The average Bonchev–Trinajstić information content (AvgIpc) is 2.39. The minimum absolute atomic E-state index is 0.212. The van der Waals surface area contributed by atoms with Crippen LogP contribution in [-0.4, -0.2) is 6.54 Å². The molecular weight excluding hydrogens is 251 g/mol. The molecule has 0 saturated heterocycles. The van der Waals surface area contributed by atoms with Crippen molar-refractivity contribution in [2.24, 2.45) is 5.73 Å². The van der Waals surface area contributed by atoms with Gasteiger partial charge in [0.2, 0.25) is 0 Å². The van der Waals surface area contributed by atoms with Crippen molar-refractivity contribution in [3.8, 4) is 0 Å². The van der Waals surface area contributed by atoms with Crippen molar-refractivity contribution in [2.75, 3.05) is 11.9 Å². The molecule has 2 aromatic carbocycles. The van der Waals surface area contributed by atoms with Crippen LogP contribution < -0.4 is 11.1 Å². The van der Waals surface area contributed by atoms with Gasteiger partial charge in [-0.15, -0.1) is 0 Å². The first-order valence-electron chi connectivity index (χ1n) is 5.68. The second kappa shape index (κ2) is 5.85. The van der Waals surface area contributed by atoms with Crippen molar-refractivity contribution in [3.05, 3.63) is 64.9 Å². The molecule has 2 rings (SSSR count). The highest BCUT2D eigenvalue weighted by Crippen LogP contribution is 2.26. The van der Waals surface area contributed by atoms with Crippen LogP contribution in [0.4, 0.5) is 10.1 Å². The minimum atomic E-state index is -0.303. The molecule has 0 radical (unpaired) electrons. The molecule has 0 aliphatic heterocycles. The van der Waals surface area contributed by atoms with E-state index in [-0.39, 0.29) is 11.9 Å². The molecular formula is C14H14ClFN2. The van der Waals surface area contributed by atoms with E-state index in [1.807, 2.05) is 18.2 Å². The first kappa shape index (κ1) is 12.9. The molecule has 0 heterocycles. The first-order valence-corrected chi connectivity index (χ1v) is 6.05. The molecule has 0 aliphatic rings. The number of anilines is 1. The van der Waals surface area contributed by atoms with Gasteiger partial charge in [-0.05, 0) is 23.8 Å². The molecule has 0 amide bonds. The Balaban J connectivity index is 2.26. The highest BCUT2D eigenvalue weighted by molar-refractivity contribution is 6.31. The summed E-state index contributed by atoms with van der Waals surface area (Å²) in [5, 5.41) is 3.69. The molecule has 0 aromatic heterocycles. The Hall–Kier alpha value is -1.58. The van der Waals surface area contributed by atoms with Gasteiger partial charge in [0.15, 0.2) is 0 Å². The molecule has 1 atom stereocenters. The predicted molar refractivity (Wildman–Crippen MR) is 73.3 cm³/mol. The molecule has 0 spiro atoms. The number of rotatable bonds is 4. The van der Waals surface area contributed by atoms with Crippen LogP contribution in [0.5, 0.6) is 0 Å². The quantitative estimate of drug-likeness (QED) is 0.886. The van der Waals surface area contributed by atoms with E-state index in [9.17, 15) is 4.39 Å². The monoisotopic (exact) mass is 264 g/mol. The zero-order chi connectivity index (χ0) is 13.0. The predicted octanol–water partition coefficient (Wildman–Crippen LogP) is 3.59. The van der Waals surface area contributed by atoms with Crippen LogP contribution in [0, 0.1) is 5.82 Å². The molecule has 1 unspecified atom stereocenters. The lowest BCUT2D eigenvalue weighted by atomic mass is 10.1. The fraction of sp³-hybridized carbons (Fsp3) is 0.143. The molecule has 0 aliphatic carbocycles. The highest BCUT2D eigenvalue weighted by Gasteiger charge is 2.13.